The summed E-state index contributed by atoms with van der Waals surface area (Å²) in [5.41, 5.74) is 2.73. The van der Waals surface area contributed by atoms with Crippen LogP contribution in [0.25, 0.3) is 28.1 Å². The topological polar surface area (TPSA) is 108 Å². The number of rotatable bonds is 3. The molecule has 1 aliphatic rings. The second kappa shape index (κ2) is 11.7. The van der Waals surface area contributed by atoms with Gasteiger partial charge in [-0.1, -0.05) is 35.3 Å². The minimum absolute atomic E-state index is 0.0267. The van der Waals surface area contributed by atoms with Gasteiger partial charge in [0.25, 0.3) is 5.56 Å². The number of benzene rings is 2. The number of fused-ring (bicyclic) bond motifs is 4. The summed E-state index contributed by atoms with van der Waals surface area (Å²) in [5, 5.41) is 11.1. The van der Waals surface area contributed by atoms with Crippen LogP contribution in [0, 0.1) is 11.7 Å². The normalized spacial score (nSPS) is 18.7. The maximum Gasteiger partial charge on any atom is 0.254 e. The van der Waals surface area contributed by atoms with Crippen LogP contribution in [-0.4, -0.2) is 41.6 Å². The number of nitrogens with one attached hydrogen (secondary N) is 1. The second-order valence-corrected chi connectivity index (χ2v) is 11.0. The van der Waals surface area contributed by atoms with E-state index in [1.54, 1.807) is 30.3 Å². The van der Waals surface area contributed by atoms with Crippen molar-refractivity contribution in [3.8, 4) is 28.1 Å². The van der Waals surface area contributed by atoms with E-state index in [1.807, 2.05) is 0 Å². The molecule has 9 nitrogen and oxygen atoms in total. The van der Waals surface area contributed by atoms with Gasteiger partial charge in [-0.2, -0.15) is 0 Å². The minimum atomic E-state index is -1.51. The van der Waals surface area contributed by atoms with Crippen molar-refractivity contribution in [1.82, 2.24) is 29.5 Å². The van der Waals surface area contributed by atoms with Gasteiger partial charge in [-0.3, -0.25) is 19.1 Å². The van der Waals surface area contributed by atoms with Gasteiger partial charge in [0.05, 0.1) is 41.6 Å². The van der Waals surface area contributed by atoms with Crippen molar-refractivity contribution in [2.75, 3.05) is 5.32 Å². The molecule has 0 fully saturated rings. The highest BCUT2D eigenvalue weighted by Gasteiger charge is 2.28. The second-order valence-electron chi connectivity index (χ2n) is 10.2. The summed E-state index contributed by atoms with van der Waals surface area (Å²) in [5.74, 6) is -2.02. The van der Waals surface area contributed by atoms with Gasteiger partial charge in [0.1, 0.15) is 12.0 Å². The standard InChI is InChI=1S/C30H23Cl2F2N7O2/c1-16-22(34)4-7-27(25-10-17(8-9-35-25)20-12-19(33)3-5-23(20)37-30(16)43)40-15-36-24(13-29(40)42)21-11-18(31)2-6-26(21)41-14-28(32)38-39-41/h2-3,5-6,8-16,22,27H,4,7H2,1H3,(H,37,43). The summed E-state index contributed by atoms with van der Waals surface area (Å²) in [6, 6.07) is 13.0. The van der Waals surface area contributed by atoms with E-state index in [4.69, 9.17) is 23.2 Å². The van der Waals surface area contributed by atoms with E-state index in [1.165, 1.54) is 59.2 Å². The van der Waals surface area contributed by atoms with Crippen LogP contribution in [0.2, 0.25) is 10.2 Å². The fourth-order valence-electron chi connectivity index (χ4n) is 5.14. The Kier molecular flexibility index (Phi) is 7.76. The lowest BCUT2D eigenvalue weighted by Crippen LogP contribution is -2.31. The Morgan fingerprint density at radius 2 is 1.81 bits per heavy atom. The number of carbonyl (C=O) groups is 1. The van der Waals surface area contributed by atoms with Crippen LogP contribution in [0.1, 0.15) is 31.5 Å². The molecule has 0 saturated heterocycles. The zero-order chi connectivity index (χ0) is 30.2. The van der Waals surface area contributed by atoms with Crippen LogP contribution in [0.5, 0.6) is 0 Å². The van der Waals surface area contributed by atoms with E-state index in [-0.39, 0.29) is 18.0 Å². The molecule has 2 aromatic carbocycles. The Bertz CT molecular complexity index is 1910. The molecule has 0 aliphatic carbocycles. The Morgan fingerprint density at radius 1 is 0.977 bits per heavy atom. The third kappa shape index (κ3) is 5.78. The van der Waals surface area contributed by atoms with Crippen LogP contribution in [0.3, 0.4) is 0 Å². The summed E-state index contributed by atoms with van der Waals surface area (Å²) in [6.45, 7) is 1.49. The molecule has 1 N–H and O–H groups in total. The van der Waals surface area contributed by atoms with E-state index < -0.39 is 35.4 Å². The largest absolute Gasteiger partial charge is 0.325 e. The fourth-order valence-corrected chi connectivity index (χ4v) is 5.43. The molecule has 0 radical (unpaired) electrons. The number of anilines is 1. The first-order valence-corrected chi connectivity index (χ1v) is 14.1. The first-order chi connectivity index (χ1) is 20.7. The van der Waals surface area contributed by atoms with Crippen LogP contribution < -0.4 is 10.9 Å². The van der Waals surface area contributed by atoms with Gasteiger partial charge in [0, 0.05) is 34.1 Å². The summed E-state index contributed by atoms with van der Waals surface area (Å²) >= 11 is 12.2. The van der Waals surface area contributed by atoms with Gasteiger partial charge < -0.3 is 5.32 Å². The zero-order valence-corrected chi connectivity index (χ0v) is 24.1. The molecule has 218 valence electrons. The fraction of sp³-hybridized carbons (Fsp3) is 0.200. The van der Waals surface area contributed by atoms with Gasteiger partial charge in [-0.15, -0.1) is 5.10 Å². The highest BCUT2D eigenvalue weighted by atomic mass is 35.5. The molecule has 3 aromatic heterocycles. The summed E-state index contributed by atoms with van der Waals surface area (Å²) in [4.78, 5) is 35.6. The Hall–Kier alpha value is -4.48. The molecule has 4 heterocycles. The first kappa shape index (κ1) is 28.6. The third-order valence-corrected chi connectivity index (χ3v) is 7.87. The maximum atomic E-state index is 15.4. The Morgan fingerprint density at radius 3 is 2.58 bits per heavy atom. The number of halogens is 4. The molecule has 43 heavy (non-hydrogen) atoms. The molecular formula is C30H23Cl2F2N7O2. The highest BCUT2D eigenvalue weighted by molar-refractivity contribution is 6.31. The zero-order valence-electron chi connectivity index (χ0n) is 22.6. The lowest BCUT2D eigenvalue weighted by Gasteiger charge is -2.24. The van der Waals surface area contributed by atoms with Crippen molar-refractivity contribution in [2.24, 2.45) is 5.92 Å². The number of hydrogen-bond donors (Lipinski definition) is 1. The van der Waals surface area contributed by atoms with Crippen molar-refractivity contribution in [3.05, 3.63) is 105 Å². The number of nitrogens with zero attached hydrogens (tertiary/aromatic N) is 6. The van der Waals surface area contributed by atoms with Gasteiger partial charge in [-0.25, -0.2) is 18.4 Å². The first-order valence-electron chi connectivity index (χ1n) is 13.3. The average Bonchev–Trinajstić information content (AvgIpc) is 3.43. The molecule has 6 rings (SSSR count). The summed E-state index contributed by atoms with van der Waals surface area (Å²) < 4.78 is 32.5. The quantitative estimate of drug-likeness (QED) is 0.253. The number of carbonyl (C=O) groups excluding carboxylic acids is 1. The maximum absolute atomic E-state index is 15.4. The minimum Gasteiger partial charge on any atom is -0.325 e. The number of pyridine rings is 1. The lowest BCUT2D eigenvalue weighted by molar-refractivity contribution is -0.121. The summed E-state index contributed by atoms with van der Waals surface area (Å²) in [6.07, 6.45) is 3.02. The van der Waals surface area contributed by atoms with Crippen molar-refractivity contribution in [3.63, 3.8) is 0 Å². The predicted molar refractivity (Wildman–Crippen MR) is 159 cm³/mol. The molecule has 3 unspecified atom stereocenters. The van der Waals surface area contributed by atoms with E-state index in [0.717, 1.165) is 0 Å². The van der Waals surface area contributed by atoms with E-state index in [0.29, 0.717) is 44.5 Å². The van der Waals surface area contributed by atoms with Crippen LogP contribution in [-0.2, 0) is 4.79 Å². The number of alkyl halides is 1. The molecule has 1 amide bonds. The smallest absolute Gasteiger partial charge is 0.254 e. The van der Waals surface area contributed by atoms with Crippen molar-refractivity contribution < 1.29 is 13.6 Å². The number of hydrogen-bond acceptors (Lipinski definition) is 6. The Labute approximate surface area is 254 Å². The molecule has 13 heteroatoms. The lowest BCUT2D eigenvalue weighted by atomic mass is 9.94. The van der Waals surface area contributed by atoms with Crippen molar-refractivity contribution in [1.29, 1.82) is 0 Å². The third-order valence-electron chi connectivity index (χ3n) is 7.46. The van der Waals surface area contributed by atoms with Crippen molar-refractivity contribution in [2.45, 2.75) is 32.0 Å². The average molecular weight is 622 g/mol. The van der Waals surface area contributed by atoms with Crippen LogP contribution >= 0.6 is 23.2 Å². The SMILES string of the molecule is CC1C(=O)Nc2ccc(F)cc2-c2ccnc(c2)C(n2cnc(-c3cc(Cl)ccc3-n3cc(Cl)nn3)cc2=O)CCC1F. The molecule has 3 atom stereocenters. The number of aromatic nitrogens is 6. The van der Waals surface area contributed by atoms with Crippen LogP contribution in [0.4, 0.5) is 14.5 Å². The van der Waals surface area contributed by atoms with E-state index in [2.05, 4.69) is 25.6 Å². The molecule has 2 bridgehead atoms. The van der Waals surface area contributed by atoms with Gasteiger partial charge >= 0.3 is 0 Å². The monoisotopic (exact) mass is 621 g/mol. The molecule has 1 aliphatic heterocycles. The predicted octanol–water partition coefficient (Wildman–Crippen LogP) is 6.29. The summed E-state index contributed by atoms with van der Waals surface area (Å²) in [7, 11) is 0. The number of amides is 1. The molecule has 0 spiro atoms. The Balaban J connectivity index is 1.46. The molecule has 5 aromatic rings. The van der Waals surface area contributed by atoms with E-state index >= 15 is 4.39 Å². The van der Waals surface area contributed by atoms with Gasteiger partial charge in [-0.05, 0) is 66.9 Å². The van der Waals surface area contributed by atoms with Crippen molar-refractivity contribution >= 4 is 34.8 Å². The molecular weight excluding hydrogens is 599 g/mol. The van der Waals surface area contributed by atoms with Gasteiger partial charge in [0.15, 0.2) is 5.15 Å². The molecule has 0 saturated carbocycles. The highest BCUT2D eigenvalue weighted by Crippen LogP contribution is 2.34. The van der Waals surface area contributed by atoms with Gasteiger partial charge in [0.2, 0.25) is 5.91 Å². The van der Waals surface area contributed by atoms with E-state index in [9.17, 15) is 14.0 Å². The van der Waals surface area contributed by atoms with Crippen LogP contribution in [0.15, 0.2) is 78.1 Å².